The SMILES string of the molecule is CCCCCCCCCCOc1c(O)c2cccc(OCCO)c2oc1=O. The molecule has 0 saturated heterocycles. The molecule has 0 saturated carbocycles. The third kappa shape index (κ3) is 6.17. The highest BCUT2D eigenvalue weighted by Gasteiger charge is 2.18. The summed E-state index contributed by atoms with van der Waals surface area (Å²) in [5.41, 5.74) is -0.590. The zero-order valence-electron chi connectivity index (χ0n) is 16.0. The first-order chi connectivity index (χ1) is 13.2. The van der Waals surface area contributed by atoms with E-state index in [0.717, 1.165) is 19.3 Å². The minimum Gasteiger partial charge on any atom is -0.504 e. The number of hydrogen-bond donors (Lipinski definition) is 2. The summed E-state index contributed by atoms with van der Waals surface area (Å²) in [5, 5.41) is 19.6. The van der Waals surface area contributed by atoms with E-state index in [1.165, 1.54) is 32.1 Å². The van der Waals surface area contributed by atoms with Crippen molar-refractivity contribution in [1.29, 1.82) is 0 Å². The van der Waals surface area contributed by atoms with Crippen LogP contribution in [0.5, 0.6) is 17.2 Å². The average Bonchev–Trinajstić information content (AvgIpc) is 2.67. The van der Waals surface area contributed by atoms with Crippen LogP contribution in [0.4, 0.5) is 0 Å². The molecule has 0 atom stereocenters. The summed E-state index contributed by atoms with van der Waals surface area (Å²) in [5.74, 6) is -0.108. The Morgan fingerprint density at radius 1 is 0.963 bits per heavy atom. The van der Waals surface area contributed by atoms with Gasteiger partial charge in [0.05, 0.1) is 18.6 Å². The van der Waals surface area contributed by atoms with Gasteiger partial charge in [0.2, 0.25) is 5.75 Å². The van der Waals surface area contributed by atoms with Crippen molar-refractivity contribution in [3.63, 3.8) is 0 Å². The third-order valence-corrected chi connectivity index (χ3v) is 4.42. The molecule has 150 valence electrons. The maximum Gasteiger partial charge on any atom is 0.383 e. The van der Waals surface area contributed by atoms with E-state index in [1.54, 1.807) is 18.2 Å². The Hall–Kier alpha value is -2.21. The van der Waals surface area contributed by atoms with Crippen molar-refractivity contribution in [2.45, 2.75) is 58.3 Å². The molecular formula is C21H30O6. The largest absolute Gasteiger partial charge is 0.504 e. The topological polar surface area (TPSA) is 89.1 Å². The van der Waals surface area contributed by atoms with Crippen LogP contribution in [0.1, 0.15) is 58.3 Å². The van der Waals surface area contributed by atoms with Crippen LogP contribution < -0.4 is 15.1 Å². The molecule has 1 aromatic heterocycles. The molecule has 27 heavy (non-hydrogen) atoms. The molecule has 2 rings (SSSR count). The number of para-hydroxylation sites is 1. The average molecular weight is 378 g/mol. The summed E-state index contributed by atoms with van der Waals surface area (Å²) in [6, 6.07) is 4.92. The van der Waals surface area contributed by atoms with Crippen LogP contribution in [-0.4, -0.2) is 30.0 Å². The molecule has 0 fully saturated rings. The normalized spacial score (nSPS) is 11.0. The van der Waals surface area contributed by atoms with Crippen molar-refractivity contribution in [3.05, 3.63) is 28.6 Å². The lowest BCUT2D eigenvalue weighted by atomic mass is 10.1. The van der Waals surface area contributed by atoms with E-state index in [1.807, 2.05) is 0 Å². The number of rotatable bonds is 13. The van der Waals surface area contributed by atoms with E-state index < -0.39 is 5.63 Å². The molecule has 0 radical (unpaired) electrons. The number of ether oxygens (including phenoxy) is 2. The second kappa shape index (κ2) is 11.5. The first kappa shape index (κ1) is 21.1. The van der Waals surface area contributed by atoms with Gasteiger partial charge in [-0.05, 0) is 18.6 Å². The summed E-state index contributed by atoms with van der Waals surface area (Å²) in [6.45, 7) is 2.48. The van der Waals surface area contributed by atoms with Gasteiger partial charge in [-0.3, -0.25) is 0 Å². The van der Waals surface area contributed by atoms with Crippen molar-refractivity contribution in [2.24, 2.45) is 0 Å². The lowest BCUT2D eigenvalue weighted by Gasteiger charge is -2.11. The number of fused-ring (bicyclic) bond motifs is 1. The number of benzene rings is 1. The van der Waals surface area contributed by atoms with Gasteiger partial charge in [0.1, 0.15) is 6.61 Å². The number of unbranched alkanes of at least 4 members (excludes halogenated alkanes) is 7. The van der Waals surface area contributed by atoms with E-state index >= 15 is 0 Å². The van der Waals surface area contributed by atoms with Gasteiger partial charge in [-0.2, -0.15) is 0 Å². The van der Waals surface area contributed by atoms with E-state index in [9.17, 15) is 9.90 Å². The standard InChI is InChI=1S/C21H30O6/c1-2-3-4-5-6-7-8-9-14-26-20-18(23)16-11-10-12-17(25-15-13-22)19(16)27-21(20)24/h10-12,22-23H,2-9,13-15H2,1H3. The molecule has 2 aromatic rings. The second-order valence-corrected chi connectivity index (χ2v) is 6.60. The van der Waals surface area contributed by atoms with Crippen molar-refractivity contribution >= 4 is 11.0 Å². The summed E-state index contributed by atoms with van der Waals surface area (Å²) in [4.78, 5) is 12.2. The zero-order chi connectivity index (χ0) is 19.5. The van der Waals surface area contributed by atoms with Crippen molar-refractivity contribution in [1.82, 2.24) is 0 Å². The van der Waals surface area contributed by atoms with Crippen LogP contribution in [0.25, 0.3) is 11.0 Å². The minimum atomic E-state index is -0.736. The fraction of sp³-hybridized carbons (Fsp3) is 0.571. The third-order valence-electron chi connectivity index (χ3n) is 4.42. The lowest BCUT2D eigenvalue weighted by Crippen LogP contribution is -2.09. The predicted molar refractivity (Wildman–Crippen MR) is 105 cm³/mol. The molecule has 0 aliphatic rings. The van der Waals surface area contributed by atoms with E-state index in [0.29, 0.717) is 17.7 Å². The second-order valence-electron chi connectivity index (χ2n) is 6.60. The number of aliphatic hydroxyl groups is 1. The number of aromatic hydroxyl groups is 1. The first-order valence-corrected chi connectivity index (χ1v) is 9.84. The highest BCUT2D eigenvalue weighted by atomic mass is 16.5. The minimum absolute atomic E-state index is 0.0697. The van der Waals surface area contributed by atoms with Gasteiger partial charge in [-0.25, -0.2) is 4.79 Å². The van der Waals surface area contributed by atoms with Gasteiger partial charge in [-0.15, -0.1) is 0 Å². The molecule has 0 amide bonds. The smallest absolute Gasteiger partial charge is 0.383 e. The van der Waals surface area contributed by atoms with Crippen LogP contribution in [-0.2, 0) is 0 Å². The monoisotopic (exact) mass is 378 g/mol. The zero-order valence-corrected chi connectivity index (χ0v) is 16.0. The lowest BCUT2D eigenvalue weighted by molar-refractivity contribution is 0.201. The Morgan fingerprint density at radius 3 is 2.37 bits per heavy atom. The Morgan fingerprint density at radius 2 is 1.67 bits per heavy atom. The molecule has 0 bridgehead atoms. The van der Waals surface area contributed by atoms with E-state index in [4.69, 9.17) is 19.0 Å². The van der Waals surface area contributed by atoms with Crippen LogP contribution in [0.2, 0.25) is 0 Å². The molecule has 0 aliphatic heterocycles. The number of hydrogen-bond acceptors (Lipinski definition) is 6. The van der Waals surface area contributed by atoms with Crippen LogP contribution in [0, 0.1) is 0 Å². The highest BCUT2D eigenvalue weighted by molar-refractivity contribution is 5.89. The number of aliphatic hydroxyl groups excluding tert-OH is 1. The Balaban J connectivity index is 1.92. The molecule has 0 spiro atoms. The molecular weight excluding hydrogens is 348 g/mol. The summed E-state index contributed by atoms with van der Waals surface area (Å²) in [7, 11) is 0. The maximum atomic E-state index is 12.2. The predicted octanol–water partition coefficient (Wildman–Crippen LogP) is 4.39. The molecule has 0 unspecified atom stereocenters. The van der Waals surface area contributed by atoms with Gasteiger partial charge in [0, 0.05) is 0 Å². The van der Waals surface area contributed by atoms with Gasteiger partial charge in [0.25, 0.3) is 0 Å². The fourth-order valence-corrected chi connectivity index (χ4v) is 2.97. The molecule has 6 nitrogen and oxygen atoms in total. The summed E-state index contributed by atoms with van der Waals surface area (Å²) < 4.78 is 16.1. The van der Waals surface area contributed by atoms with Crippen LogP contribution in [0.15, 0.2) is 27.4 Å². The Labute approximate surface area is 159 Å². The Kier molecular flexibility index (Phi) is 8.98. The van der Waals surface area contributed by atoms with Gasteiger partial charge >= 0.3 is 5.63 Å². The summed E-state index contributed by atoms with van der Waals surface area (Å²) in [6.07, 6.45) is 9.34. The summed E-state index contributed by atoms with van der Waals surface area (Å²) >= 11 is 0. The van der Waals surface area contributed by atoms with Gasteiger partial charge in [0.15, 0.2) is 17.1 Å². The van der Waals surface area contributed by atoms with Gasteiger partial charge < -0.3 is 24.1 Å². The quantitative estimate of drug-likeness (QED) is 0.397. The van der Waals surface area contributed by atoms with Crippen molar-refractivity contribution in [2.75, 3.05) is 19.8 Å². The first-order valence-electron chi connectivity index (χ1n) is 9.84. The van der Waals surface area contributed by atoms with Gasteiger partial charge in [-0.1, -0.05) is 57.9 Å². The van der Waals surface area contributed by atoms with Crippen LogP contribution in [0.3, 0.4) is 0 Å². The molecule has 1 aromatic carbocycles. The van der Waals surface area contributed by atoms with E-state index in [2.05, 4.69) is 6.92 Å². The molecule has 1 heterocycles. The maximum absolute atomic E-state index is 12.2. The molecule has 0 aliphatic carbocycles. The molecule has 2 N–H and O–H groups in total. The Bertz CT molecular complexity index is 752. The highest BCUT2D eigenvalue weighted by Crippen LogP contribution is 2.35. The van der Waals surface area contributed by atoms with Crippen molar-refractivity contribution < 1.29 is 24.1 Å². The van der Waals surface area contributed by atoms with Crippen molar-refractivity contribution in [3.8, 4) is 17.2 Å². The van der Waals surface area contributed by atoms with E-state index in [-0.39, 0.29) is 30.3 Å². The molecule has 6 heteroatoms. The fourth-order valence-electron chi connectivity index (χ4n) is 2.97. The van der Waals surface area contributed by atoms with Crippen LogP contribution >= 0.6 is 0 Å².